The molecule has 0 spiro atoms. The van der Waals surface area contributed by atoms with Crippen LogP contribution in [0.2, 0.25) is 0 Å². The number of amides is 1. The number of carbonyl (C=O) groups is 1. The van der Waals surface area contributed by atoms with Gasteiger partial charge >= 0.3 is 0 Å². The van der Waals surface area contributed by atoms with Crippen molar-refractivity contribution in [3.8, 4) is 11.4 Å². The molecule has 1 aliphatic rings. The number of carbonyl (C=O) groups excluding carboxylic acids is 1. The Hall–Kier alpha value is -2.51. The van der Waals surface area contributed by atoms with Gasteiger partial charge in [-0.05, 0) is 43.4 Å². The van der Waals surface area contributed by atoms with Gasteiger partial charge in [-0.3, -0.25) is 4.79 Å². The number of hydrogen-bond acceptors (Lipinski definition) is 5. The lowest BCUT2D eigenvalue weighted by Crippen LogP contribution is -2.14. The zero-order valence-corrected chi connectivity index (χ0v) is 18.8. The number of aryl methyl sites for hydroxylation is 1. The van der Waals surface area contributed by atoms with Crippen LogP contribution in [0.4, 0.5) is 5.00 Å². The monoisotopic (exact) mass is 436 g/mol. The van der Waals surface area contributed by atoms with Crippen LogP contribution in [-0.4, -0.2) is 20.9 Å². The average molecular weight is 437 g/mol. The summed E-state index contributed by atoms with van der Waals surface area (Å²) >= 11 is 3.33. The molecule has 2 N–H and O–H groups in total. The predicted molar refractivity (Wildman–Crippen MR) is 125 cm³/mol. The van der Waals surface area contributed by atoms with Crippen molar-refractivity contribution >= 4 is 44.6 Å². The summed E-state index contributed by atoms with van der Waals surface area (Å²) in [6.45, 7) is 4.25. The molecular formula is C23H24N4OS2. The van der Waals surface area contributed by atoms with Crippen molar-refractivity contribution in [1.82, 2.24) is 15.0 Å². The average Bonchev–Trinajstić information content (AvgIpc) is 3.43. The highest BCUT2D eigenvalue weighted by atomic mass is 32.1. The molecule has 0 saturated carbocycles. The van der Waals surface area contributed by atoms with Crippen LogP contribution in [-0.2, 0) is 24.1 Å². The van der Waals surface area contributed by atoms with E-state index in [9.17, 15) is 4.79 Å². The number of rotatable bonds is 5. The topological polar surface area (TPSA) is 70.7 Å². The minimum atomic E-state index is -0.0217. The fraction of sp³-hybridized carbons (Fsp3) is 0.348. The van der Waals surface area contributed by atoms with Crippen LogP contribution >= 0.6 is 22.7 Å². The highest BCUT2D eigenvalue weighted by Gasteiger charge is 2.25. The molecule has 7 heteroatoms. The highest BCUT2D eigenvalue weighted by molar-refractivity contribution is 7.17. The molecule has 4 aromatic rings. The number of aromatic nitrogens is 3. The number of fused-ring (bicyclic) bond motifs is 2. The Morgan fingerprint density at radius 1 is 1.20 bits per heavy atom. The SMILES string of the molecule is CC(C)c1nc(CC(=O)Nc2sc3c(c2-c2nc4ccccc4[nH]2)CCCC3)cs1. The second-order valence-electron chi connectivity index (χ2n) is 8.07. The first-order valence-electron chi connectivity index (χ1n) is 10.4. The number of benzene rings is 1. The maximum absolute atomic E-state index is 12.9. The lowest BCUT2D eigenvalue weighted by Gasteiger charge is -2.12. The normalized spacial score (nSPS) is 13.7. The van der Waals surface area contributed by atoms with E-state index in [0.29, 0.717) is 12.3 Å². The Morgan fingerprint density at radius 2 is 2.03 bits per heavy atom. The summed E-state index contributed by atoms with van der Waals surface area (Å²) in [5.74, 6) is 1.21. The van der Waals surface area contributed by atoms with E-state index in [4.69, 9.17) is 4.98 Å². The van der Waals surface area contributed by atoms with Crippen LogP contribution in [0.5, 0.6) is 0 Å². The molecule has 3 aromatic heterocycles. The minimum Gasteiger partial charge on any atom is -0.338 e. The molecule has 0 unspecified atom stereocenters. The van der Waals surface area contributed by atoms with E-state index < -0.39 is 0 Å². The van der Waals surface area contributed by atoms with Gasteiger partial charge in [0.1, 0.15) is 10.8 Å². The van der Waals surface area contributed by atoms with E-state index in [0.717, 1.165) is 51.0 Å². The van der Waals surface area contributed by atoms with Crippen molar-refractivity contribution < 1.29 is 4.79 Å². The number of thiophene rings is 1. The number of thiazole rings is 1. The molecule has 0 atom stereocenters. The van der Waals surface area contributed by atoms with Crippen molar-refractivity contribution in [2.45, 2.75) is 51.9 Å². The van der Waals surface area contributed by atoms with Crippen molar-refractivity contribution in [2.24, 2.45) is 0 Å². The number of hydrogen-bond donors (Lipinski definition) is 2. The Balaban J connectivity index is 1.47. The second kappa shape index (κ2) is 7.96. The summed E-state index contributed by atoms with van der Waals surface area (Å²) in [4.78, 5) is 27.1. The standard InChI is InChI=1S/C23H24N4OS2/c1-13(2)22-24-14(12-29-22)11-19(28)27-23-20(15-7-3-6-10-18(15)30-23)21-25-16-8-4-5-9-17(16)26-21/h4-5,8-9,12-13H,3,6-7,10-11H2,1-2H3,(H,25,26)(H,27,28). The number of H-pyrrole nitrogens is 1. The first-order valence-corrected chi connectivity index (χ1v) is 12.1. The molecule has 0 radical (unpaired) electrons. The number of imidazole rings is 1. The maximum Gasteiger partial charge on any atom is 0.231 e. The molecule has 0 bridgehead atoms. The highest BCUT2D eigenvalue weighted by Crippen LogP contribution is 2.43. The van der Waals surface area contributed by atoms with Gasteiger partial charge in [0.2, 0.25) is 5.91 Å². The van der Waals surface area contributed by atoms with E-state index in [1.807, 2.05) is 29.6 Å². The smallest absolute Gasteiger partial charge is 0.231 e. The summed E-state index contributed by atoms with van der Waals surface area (Å²) in [5.41, 5.74) is 5.22. The summed E-state index contributed by atoms with van der Waals surface area (Å²) in [5, 5.41) is 7.16. The lowest BCUT2D eigenvalue weighted by molar-refractivity contribution is -0.115. The molecule has 0 aliphatic heterocycles. The summed E-state index contributed by atoms with van der Waals surface area (Å²) in [7, 11) is 0. The Labute approximate surface area is 183 Å². The van der Waals surface area contributed by atoms with Crippen LogP contribution in [0.15, 0.2) is 29.6 Å². The van der Waals surface area contributed by atoms with Crippen LogP contribution in [0.3, 0.4) is 0 Å². The molecule has 5 rings (SSSR count). The third kappa shape index (κ3) is 3.68. The zero-order chi connectivity index (χ0) is 20.7. The van der Waals surface area contributed by atoms with Gasteiger partial charge in [-0.15, -0.1) is 22.7 Å². The maximum atomic E-state index is 12.9. The quantitative estimate of drug-likeness (QED) is 0.407. The van der Waals surface area contributed by atoms with Gasteiger partial charge in [-0.1, -0.05) is 26.0 Å². The third-order valence-corrected chi connectivity index (χ3v) is 7.86. The molecule has 1 aromatic carbocycles. The molecule has 0 fully saturated rings. The van der Waals surface area contributed by atoms with Crippen molar-refractivity contribution in [3.63, 3.8) is 0 Å². The fourth-order valence-electron chi connectivity index (χ4n) is 3.98. The third-order valence-electron chi connectivity index (χ3n) is 5.46. The lowest BCUT2D eigenvalue weighted by atomic mass is 9.95. The minimum absolute atomic E-state index is 0.0217. The van der Waals surface area contributed by atoms with E-state index in [2.05, 4.69) is 29.1 Å². The van der Waals surface area contributed by atoms with E-state index >= 15 is 0 Å². The summed E-state index contributed by atoms with van der Waals surface area (Å²) in [6.07, 6.45) is 4.80. The zero-order valence-electron chi connectivity index (χ0n) is 17.1. The fourth-order valence-corrected chi connectivity index (χ4v) is 6.12. The van der Waals surface area contributed by atoms with Crippen LogP contribution < -0.4 is 5.32 Å². The van der Waals surface area contributed by atoms with Gasteiger partial charge in [-0.2, -0.15) is 0 Å². The van der Waals surface area contributed by atoms with E-state index in [1.54, 1.807) is 22.7 Å². The Kier molecular flexibility index (Phi) is 5.16. The van der Waals surface area contributed by atoms with Crippen LogP contribution in [0, 0.1) is 0 Å². The second-order valence-corrected chi connectivity index (χ2v) is 10.1. The van der Waals surface area contributed by atoms with E-state index in [-0.39, 0.29) is 5.91 Å². The number of para-hydroxylation sites is 2. The Bertz CT molecular complexity index is 1180. The van der Waals surface area contributed by atoms with Crippen molar-refractivity contribution in [1.29, 1.82) is 0 Å². The van der Waals surface area contributed by atoms with Gasteiger partial charge in [-0.25, -0.2) is 9.97 Å². The number of aromatic amines is 1. The number of nitrogens with zero attached hydrogens (tertiary/aromatic N) is 2. The number of anilines is 1. The number of nitrogens with one attached hydrogen (secondary N) is 2. The first kappa shape index (κ1) is 19.5. The molecule has 5 nitrogen and oxygen atoms in total. The largest absolute Gasteiger partial charge is 0.338 e. The molecule has 1 aliphatic carbocycles. The first-order chi connectivity index (χ1) is 14.6. The molecule has 3 heterocycles. The van der Waals surface area contributed by atoms with Crippen LogP contribution in [0.1, 0.15) is 53.7 Å². The summed E-state index contributed by atoms with van der Waals surface area (Å²) < 4.78 is 0. The van der Waals surface area contributed by atoms with Gasteiger partial charge in [0, 0.05) is 16.2 Å². The van der Waals surface area contributed by atoms with Crippen molar-refractivity contribution in [2.75, 3.05) is 5.32 Å². The van der Waals surface area contributed by atoms with Crippen molar-refractivity contribution in [3.05, 3.63) is 50.8 Å². The van der Waals surface area contributed by atoms with Crippen LogP contribution in [0.25, 0.3) is 22.4 Å². The molecule has 30 heavy (non-hydrogen) atoms. The van der Waals surface area contributed by atoms with Gasteiger partial charge in [0.25, 0.3) is 0 Å². The Morgan fingerprint density at radius 3 is 2.83 bits per heavy atom. The molecule has 0 saturated heterocycles. The van der Waals surface area contributed by atoms with E-state index in [1.165, 1.54) is 23.3 Å². The van der Waals surface area contributed by atoms with Gasteiger partial charge in [0.15, 0.2) is 0 Å². The molecule has 154 valence electrons. The van der Waals surface area contributed by atoms with Gasteiger partial charge in [0.05, 0.1) is 33.7 Å². The molecule has 1 amide bonds. The van der Waals surface area contributed by atoms with Gasteiger partial charge < -0.3 is 10.3 Å². The predicted octanol–water partition coefficient (Wildman–Crippen LogP) is 5.93. The summed E-state index contributed by atoms with van der Waals surface area (Å²) in [6, 6.07) is 8.06. The molecular weight excluding hydrogens is 412 g/mol.